The monoisotopic (exact) mass is 345 g/mol. The maximum absolute atomic E-state index is 11.0. The highest BCUT2D eigenvalue weighted by Gasteiger charge is 2.05. The molecular formula is C14H20BrNO4. The molecule has 20 heavy (non-hydrogen) atoms. The van der Waals surface area contributed by atoms with Crippen molar-refractivity contribution < 1.29 is 19.0 Å². The molecule has 0 heterocycles. The second-order valence-corrected chi connectivity index (χ2v) is 4.96. The summed E-state index contributed by atoms with van der Waals surface area (Å²) in [6.07, 6.45) is 0.239. The molecular weight excluding hydrogens is 326 g/mol. The summed E-state index contributed by atoms with van der Waals surface area (Å²) in [6, 6.07) is 5.86. The van der Waals surface area contributed by atoms with E-state index in [0.29, 0.717) is 13.2 Å². The Morgan fingerprint density at radius 3 is 2.75 bits per heavy atom. The molecule has 0 aliphatic rings. The van der Waals surface area contributed by atoms with Crippen LogP contribution in [0.1, 0.15) is 12.0 Å². The van der Waals surface area contributed by atoms with Crippen LogP contribution in [0.15, 0.2) is 22.7 Å². The highest BCUT2D eigenvalue weighted by Crippen LogP contribution is 2.26. The van der Waals surface area contributed by atoms with Gasteiger partial charge in [0.05, 0.1) is 31.2 Å². The summed E-state index contributed by atoms with van der Waals surface area (Å²) in [4.78, 5) is 11.0. The van der Waals surface area contributed by atoms with Gasteiger partial charge in [-0.25, -0.2) is 0 Å². The van der Waals surface area contributed by atoms with Gasteiger partial charge in [-0.1, -0.05) is 6.07 Å². The summed E-state index contributed by atoms with van der Waals surface area (Å²) in [5.41, 5.74) is 1.15. The van der Waals surface area contributed by atoms with Gasteiger partial charge in [0, 0.05) is 20.2 Å². The van der Waals surface area contributed by atoms with E-state index >= 15 is 0 Å². The molecule has 0 saturated carbocycles. The Hall–Kier alpha value is -1.11. The van der Waals surface area contributed by atoms with E-state index in [9.17, 15) is 4.79 Å². The third kappa shape index (κ3) is 6.36. The zero-order valence-electron chi connectivity index (χ0n) is 11.8. The van der Waals surface area contributed by atoms with Crippen LogP contribution in [0.5, 0.6) is 5.75 Å². The lowest BCUT2D eigenvalue weighted by molar-refractivity contribution is -0.141. The quantitative estimate of drug-likeness (QED) is 0.548. The van der Waals surface area contributed by atoms with Gasteiger partial charge in [-0.2, -0.15) is 0 Å². The Bertz CT molecular complexity index is 426. The zero-order chi connectivity index (χ0) is 14.8. The lowest BCUT2D eigenvalue weighted by atomic mass is 10.2. The van der Waals surface area contributed by atoms with Gasteiger partial charge in [-0.05, 0) is 33.6 Å². The topological polar surface area (TPSA) is 56.8 Å². The molecule has 0 aromatic heterocycles. The van der Waals surface area contributed by atoms with E-state index in [1.54, 1.807) is 7.11 Å². The van der Waals surface area contributed by atoms with E-state index in [1.165, 1.54) is 7.11 Å². The standard InChI is InChI=1S/C14H20BrNO4/c1-18-8-6-16-10-11-3-4-13(12(15)9-11)20-7-5-14(17)19-2/h3-4,9,16H,5-8,10H2,1-2H3. The van der Waals surface area contributed by atoms with Gasteiger partial charge in [0.15, 0.2) is 0 Å². The first-order chi connectivity index (χ1) is 9.67. The summed E-state index contributed by atoms with van der Waals surface area (Å²) in [7, 11) is 3.04. The number of halogens is 1. The summed E-state index contributed by atoms with van der Waals surface area (Å²) < 4.78 is 15.9. The minimum atomic E-state index is -0.278. The summed E-state index contributed by atoms with van der Waals surface area (Å²) >= 11 is 3.46. The molecule has 0 spiro atoms. The van der Waals surface area contributed by atoms with Crippen LogP contribution >= 0.6 is 15.9 Å². The van der Waals surface area contributed by atoms with Crippen LogP contribution in [-0.2, 0) is 20.8 Å². The average molecular weight is 346 g/mol. The van der Waals surface area contributed by atoms with Crippen LogP contribution in [0.3, 0.4) is 0 Å². The first kappa shape index (κ1) is 16.9. The fourth-order valence-electron chi connectivity index (χ4n) is 1.52. The molecule has 5 nitrogen and oxygen atoms in total. The molecule has 1 aromatic carbocycles. The second-order valence-electron chi connectivity index (χ2n) is 4.11. The molecule has 1 N–H and O–H groups in total. The van der Waals surface area contributed by atoms with Crippen molar-refractivity contribution in [3.8, 4) is 5.75 Å². The number of nitrogens with one attached hydrogen (secondary N) is 1. The van der Waals surface area contributed by atoms with E-state index in [2.05, 4.69) is 26.0 Å². The van der Waals surface area contributed by atoms with Crippen molar-refractivity contribution in [3.05, 3.63) is 28.2 Å². The van der Waals surface area contributed by atoms with Gasteiger partial charge in [0.1, 0.15) is 5.75 Å². The molecule has 0 amide bonds. The number of benzene rings is 1. The van der Waals surface area contributed by atoms with E-state index in [4.69, 9.17) is 9.47 Å². The van der Waals surface area contributed by atoms with Crippen molar-refractivity contribution in [1.29, 1.82) is 0 Å². The SMILES string of the molecule is COCCNCc1ccc(OCCC(=O)OC)c(Br)c1. The number of hydrogen-bond acceptors (Lipinski definition) is 5. The van der Waals surface area contributed by atoms with Crippen molar-refractivity contribution in [2.45, 2.75) is 13.0 Å². The fraction of sp³-hybridized carbons (Fsp3) is 0.500. The lowest BCUT2D eigenvalue weighted by Gasteiger charge is -2.10. The van der Waals surface area contributed by atoms with Crippen molar-refractivity contribution in [1.82, 2.24) is 5.32 Å². The third-order valence-electron chi connectivity index (χ3n) is 2.60. The lowest BCUT2D eigenvalue weighted by Crippen LogP contribution is -2.18. The summed E-state index contributed by atoms with van der Waals surface area (Å²) in [6.45, 7) is 2.57. The molecule has 0 radical (unpaired) electrons. The molecule has 6 heteroatoms. The zero-order valence-corrected chi connectivity index (χ0v) is 13.4. The van der Waals surface area contributed by atoms with E-state index in [1.807, 2.05) is 18.2 Å². The Morgan fingerprint density at radius 2 is 2.10 bits per heavy atom. The number of carbonyl (C=O) groups is 1. The molecule has 0 saturated heterocycles. The Balaban J connectivity index is 2.40. The Morgan fingerprint density at radius 1 is 1.30 bits per heavy atom. The molecule has 1 rings (SSSR count). The molecule has 0 fully saturated rings. The van der Waals surface area contributed by atoms with Gasteiger partial charge < -0.3 is 19.5 Å². The van der Waals surface area contributed by atoms with E-state index < -0.39 is 0 Å². The van der Waals surface area contributed by atoms with Gasteiger partial charge in [-0.3, -0.25) is 4.79 Å². The maximum atomic E-state index is 11.0. The first-order valence-corrected chi connectivity index (χ1v) is 7.14. The van der Waals surface area contributed by atoms with Gasteiger partial charge in [-0.15, -0.1) is 0 Å². The minimum Gasteiger partial charge on any atom is -0.492 e. The fourth-order valence-corrected chi connectivity index (χ4v) is 2.07. The summed E-state index contributed by atoms with van der Waals surface area (Å²) in [5, 5.41) is 3.27. The number of hydrogen-bond donors (Lipinski definition) is 1. The second kappa shape index (κ2) is 9.74. The van der Waals surface area contributed by atoms with Crippen LogP contribution in [0.4, 0.5) is 0 Å². The van der Waals surface area contributed by atoms with E-state index in [0.717, 1.165) is 28.9 Å². The number of rotatable bonds is 9. The van der Waals surface area contributed by atoms with Crippen molar-refractivity contribution in [3.63, 3.8) is 0 Å². The smallest absolute Gasteiger partial charge is 0.308 e. The number of esters is 1. The highest BCUT2D eigenvalue weighted by molar-refractivity contribution is 9.10. The Labute approximate surface area is 127 Å². The van der Waals surface area contributed by atoms with Crippen molar-refractivity contribution in [2.24, 2.45) is 0 Å². The predicted molar refractivity (Wildman–Crippen MR) is 79.9 cm³/mol. The highest BCUT2D eigenvalue weighted by atomic mass is 79.9. The van der Waals surface area contributed by atoms with Crippen LogP contribution in [0.2, 0.25) is 0 Å². The normalized spacial score (nSPS) is 10.3. The molecule has 112 valence electrons. The summed E-state index contributed by atoms with van der Waals surface area (Å²) in [5.74, 6) is 0.439. The molecule has 0 unspecified atom stereocenters. The molecule has 0 bridgehead atoms. The van der Waals surface area contributed by atoms with Crippen molar-refractivity contribution in [2.75, 3.05) is 34.0 Å². The van der Waals surface area contributed by atoms with E-state index in [-0.39, 0.29) is 12.4 Å². The molecule has 0 aliphatic carbocycles. The van der Waals surface area contributed by atoms with Crippen molar-refractivity contribution >= 4 is 21.9 Å². The van der Waals surface area contributed by atoms with Crippen LogP contribution < -0.4 is 10.1 Å². The largest absolute Gasteiger partial charge is 0.492 e. The van der Waals surface area contributed by atoms with Gasteiger partial charge in [0.2, 0.25) is 0 Å². The molecule has 0 atom stereocenters. The maximum Gasteiger partial charge on any atom is 0.308 e. The molecule has 1 aromatic rings. The van der Waals surface area contributed by atoms with Crippen LogP contribution in [0.25, 0.3) is 0 Å². The number of carbonyl (C=O) groups excluding carboxylic acids is 1. The molecule has 0 aliphatic heterocycles. The van der Waals surface area contributed by atoms with Gasteiger partial charge >= 0.3 is 5.97 Å². The average Bonchev–Trinajstić information content (AvgIpc) is 2.45. The van der Waals surface area contributed by atoms with Crippen LogP contribution in [0, 0.1) is 0 Å². The third-order valence-corrected chi connectivity index (χ3v) is 3.22. The van der Waals surface area contributed by atoms with Gasteiger partial charge in [0.25, 0.3) is 0 Å². The Kier molecular flexibility index (Phi) is 8.25. The van der Waals surface area contributed by atoms with Crippen LogP contribution in [-0.4, -0.2) is 39.9 Å². The minimum absolute atomic E-state index is 0.239. The number of ether oxygens (including phenoxy) is 3. The predicted octanol–water partition coefficient (Wildman–Crippen LogP) is 2.13. The first-order valence-electron chi connectivity index (χ1n) is 6.35. The number of methoxy groups -OCH3 is 2.